The van der Waals surface area contributed by atoms with E-state index in [4.69, 9.17) is 5.11 Å². The zero-order valence-electron chi connectivity index (χ0n) is 14.6. The highest BCUT2D eigenvalue weighted by Crippen LogP contribution is 2.17. The van der Waals surface area contributed by atoms with Gasteiger partial charge in [0.2, 0.25) is 11.8 Å². The van der Waals surface area contributed by atoms with E-state index in [-0.39, 0.29) is 18.5 Å². The first kappa shape index (κ1) is 22.4. The van der Waals surface area contributed by atoms with Crippen LogP contribution in [-0.2, 0) is 11.2 Å². The van der Waals surface area contributed by atoms with Crippen molar-refractivity contribution in [3.05, 3.63) is 23.8 Å². The van der Waals surface area contributed by atoms with Gasteiger partial charge in [-0.3, -0.25) is 14.8 Å². The Morgan fingerprint density at radius 1 is 1.23 bits per heavy atom. The van der Waals surface area contributed by atoms with E-state index in [0.29, 0.717) is 25.0 Å². The predicted molar refractivity (Wildman–Crippen MR) is 89.2 cm³/mol. The molecular weight excluding hydrogens is 346 g/mol. The third kappa shape index (κ3) is 7.28. The highest BCUT2D eigenvalue weighted by atomic mass is 16.5. The monoisotopic (exact) mass is 373 g/mol. The molecular formula is C16H27N3O7. The Kier molecular flexibility index (Phi) is 8.99. The van der Waals surface area contributed by atoms with E-state index in [1.54, 1.807) is 6.92 Å². The summed E-state index contributed by atoms with van der Waals surface area (Å²) < 4.78 is 0. The Labute approximate surface area is 151 Å². The van der Waals surface area contributed by atoms with Crippen LogP contribution in [0.4, 0.5) is 0 Å². The highest BCUT2D eigenvalue weighted by Gasteiger charge is 2.27. The van der Waals surface area contributed by atoms with Crippen molar-refractivity contribution >= 4 is 5.91 Å². The number of aliphatic hydroxyl groups excluding tert-OH is 4. The van der Waals surface area contributed by atoms with Crippen molar-refractivity contribution in [1.29, 1.82) is 0 Å². The van der Waals surface area contributed by atoms with Gasteiger partial charge in [0.25, 0.3) is 0 Å². The van der Waals surface area contributed by atoms with Crippen LogP contribution >= 0.6 is 0 Å². The van der Waals surface area contributed by atoms with Crippen molar-refractivity contribution in [3.63, 3.8) is 0 Å². The molecule has 26 heavy (non-hydrogen) atoms. The molecule has 0 bridgehead atoms. The van der Waals surface area contributed by atoms with E-state index < -0.39 is 36.7 Å². The fourth-order valence-corrected chi connectivity index (χ4v) is 2.23. The molecule has 1 heterocycles. The number of amides is 1. The van der Waals surface area contributed by atoms with E-state index in [1.165, 1.54) is 12.4 Å². The van der Waals surface area contributed by atoms with Gasteiger partial charge in [-0.15, -0.1) is 0 Å². The van der Waals surface area contributed by atoms with Crippen LogP contribution in [0.1, 0.15) is 50.1 Å². The Morgan fingerprint density at radius 2 is 1.92 bits per heavy atom. The second-order valence-electron chi connectivity index (χ2n) is 6.09. The summed E-state index contributed by atoms with van der Waals surface area (Å²) in [6, 6.07) is 0. The molecule has 10 nitrogen and oxygen atoms in total. The lowest BCUT2D eigenvalue weighted by atomic mass is 10.1. The molecule has 0 aliphatic heterocycles. The molecule has 0 radical (unpaired) electrons. The molecule has 1 aromatic rings. The lowest BCUT2D eigenvalue weighted by Crippen LogP contribution is -2.48. The quantitative estimate of drug-likeness (QED) is 0.218. The summed E-state index contributed by atoms with van der Waals surface area (Å²) in [5.41, 5.74) is 0.535. The Bertz CT molecular complexity index is 553. The summed E-state index contributed by atoms with van der Waals surface area (Å²) in [5.74, 6) is -2.74. The molecule has 0 aliphatic carbocycles. The lowest BCUT2D eigenvalue weighted by molar-refractivity contribution is -0.194. The zero-order chi connectivity index (χ0) is 19.7. The normalized spacial score (nSPS) is 15.3. The van der Waals surface area contributed by atoms with Gasteiger partial charge in [-0.2, -0.15) is 0 Å². The number of hydrogen-bond donors (Lipinski definition) is 7. The van der Waals surface area contributed by atoms with E-state index in [9.17, 15) is 30.3 Å². The fourth-order valence-electron chi connectivity index (χ4n) is 2.23. The van der Waals surface area contributed by atoms with Crippen molar-refractivity contribution in [2.75, 3.05) is 6.61 Å². The van der Waals surface area contributed by atoms with E-state index >= 15 is 0 Å². The molecule has 1 aromatic heterocycles. The zero-order valence-corrected chi connectivity index (χ0v) is 14.6. The summed E-state index contributed by atoms with van der Waals surface area (Å²) in [7, 11) is 0. The van der Waals surface area contributed by atoms with Crippen LogP contribution in [0.5, 0.6) is 0 Å². The fraction of sp³-hybridized carbons (Fsp3) is 0.688. The smallest absolute Gasteiger partial charge is 0.246 e. The number of aromatic nitrogens is 2. The van der Waals surface area contributed by atoms with Crippen LogP contribution < -0.4 is 5.32 Å². The van der Waals surface area contributed by atoms with Gasteiger partial charge < -0.3 is 36.0 Å². The largest absolute Gasteiger partial charge is 0.394 e. The average molecular weight is 373 g/mol. The summed E-state index contributed by atoms with van der Waals surface area (Å²) in [4.78, 5) is 19.4. The molecule has 148 valence electrons. The number of carbonyl (C=O) groups is 1. The predicted octanol–water partition coefficient (Wildman–Crippen LogP) is -1.90. The number of aryl methyl sites for hydroxylation is 1. The van der Waals surface area contributed by atoms with Crippen molar-refractivity contribution in [3.8, 4) is 0 Å². The number of nitrogens with one attached hydrogen (secondary N) is 1. The first-order valence-corrected chi connectivity index (χ1v) is 8.41. The molecule has 0 spiro atoms. The van der Waals surface area contributed by atoms with E-state index in [2.05, 4.69) is 15.3 Å². The van der Waals surface area contributed by atoms with Crippen LogP contribution in [0.15, 0.2) is 12.4 Å². The first-order chi connectivity index (χ1) is 12.2. The number of carbonyl (C=O) groups excluding carboxylic acids is 1. The van der Waals surface area contributed by atoms with Gasteiger partial charge in [0, 0.05) is 19.0 Å². The molecule has 0 saturated carbocycles. The van der Waals surface area contributed by atoms with Crippen LogP contribution in [0, 0.1) is 0 Å². The van der Waals surface area contributed by atoms with Gasteiger partial charge in [0.15, 0.2) is 0 Å². The van der Waals surface area contributed by atoms with Crippen LogP contribution in [0.25, 0.3) is 0 Å². The maximum absolute atomic E-state index is 11.4. The van der Waals surface area contributed by atoms with Crippen molar-refractivity contribution in [2.24, 2.45) is 0 Å². The van der Waals surface area contributed by atoms with Gasteiger partial charge in [-0.1, -0.05) is 6.92 Å². The van der Waals surface area contributed by atoms with Gasteiger partial charge in [-0.05, 0) is 19.3 Å². The van der Waals surface area contributed by atoms with Gasteiger partial charge >= 0.3 is 0 Å². The topological polar surface area (TPSA) is 176 Å². The maximum Gasteiger partial charge on any atom is 0.246 e. The minimum absolute atomic E-state index is 0.0271. The summed E-state index contributed by atoms with van der Waals surface area (Å²) >= 11 is 0. The van der Waals surface area contributed by atoms with Crippen molar-refractivity contribution in [1.82, 2.24) is 15.3 Å². The molecule has 0 fully saturated rings. The molecule has 10 heteroatoms. The van der Waals surface area contributed by atoms with Gasteiger partial charge in [0.05, 0.1) is 24.2 Å². The van der Waals surface area contributed by atoms with Crippen LogP contribution in [0.2, 0.25) is 0 Å². The summed E-state index contributed by atoms with van der Waals surface area (Å²) in [6.45, 7) is 1.10. The third-order valence-corrected chi connectivity index (χ3v) is 3.71. The van der Waals surface area contributed by atoms with Crippen LogP contribution in [-0.4, -0.2) is 71.2 Å². The molecule has 0 saturated heterocycles. The highest BCUT2D eigenvalue weighted by molar-refractivity contribution is 5.76. The Morgan fingerprint density at radius 3 is 2.46 bits per heavy atom. The molecule has 0 aliphatic rings. The molecule has 1 rings (SSSR count). The van der Waals surface area contributed by atoms with Gasteiger partial charge in [0.1, 0.15) is 18.3 Å². The van der Waals surface area contributed by atoms with Crippen LogP contribution in [0.3, 0.4) is 0 Å². The maximum atomic E-state index is 11.4. The van der Waals surface area contributed by atoms with E-state index in [0.717, 1.165) is 0 Å². The van der Waals surface area contributed by atoms with Gasteiger partial charge in [-0.25, -0.2) is 0 Å². The number of aliphatic hydroxyl groups is 6. The Balaban J connectivity index is 2.51. The molecule has 7 N–H and O–H groups in total. The van der Waals surface area contributed by atoms with Crippen molar-refractivity contribution in [2.45, 2.75) is 63.3 Å². The summed E-state index contributed by atoms with van der Waals surface area (Å²) in [5, 5.41) is 59.2. The number of rotatable bonds is 11. The Hall–Kier alpha value is -1.69. The average Bonchev–Trinajstić information content (AvgIpc) is 2.59. The standard InChI is InChI=1S/C16H27N3O7/c1-2-4-13(22)19-16(25,26)6-3-5-10-7-18-11(8-17-10)14(23)15(24)12(21)9-20/h7-8,12,14-15,20-21,23-26H,2-6,9H2,1H3,(H,19,22). The SMILES string of the molecule is CCCC(=O)NC(O)(O)CCCc1cnc(C(O)C(O)C(O)CO)cn1. The summed E-state index contributed by atoms with van der Waals surface area (Å²) in [6.07, 6.45) is -0.683. The number of hydrogen-bond acceptors (Lipinski definition) is 9. The van der Waals surface area contributed by atoms with Crippen molar-refractivity contribution < 1.29 is 35.4 Å². The third-order valence-electron chi connectivity index (χ3n) is 3.71. The minimum atomic E-state index is -2.29. The lowest BCUT2D eigenvalue weighted by Gasteiger charge is -2.22. The molecule has 3 atom stereocenters. The first-order valence-electron chi connectivity index (χ1n) is 8.41. The minimum Gasteiger partial charge on any atom is -0.394 e. The second kappa shape index (κ2) is 10.5. The molecule has 1 amide bonds. The number of nitrogens with zero attached hydrogens (tertiary/aromatic N) is 2. The second-order valence-corrected chi connectivity index (χ2v) is 6.09. The molecule has 0 aromatic carbocycles. The molecule has 3 unspecified atom stereocenters. The van der Waals surface area contributed by atoms with E-state index in [1.807, 2.05) is 0 Å².